The van der Waals surface area contributed by atoms with Crippen LogP contribution < -0.4 is 16.4 Å². The molecule has 22 heavy (non-hydrogen) atoms. The smallest absolute Gasteiger partial charge is 0.322 e. The van der Waals surface area contributed by atoms with E-state index in [2.05, 4.69) is 15.6 Å². The molecule has 2 aromatic rings. The van der Waals surface area contributed by atoms with Gasteiger partial charge in [0.15, 0.2) is 5.82 Å². The summed E-state index contributed by atoms with van der Waals surface area (Å²) in [6, 6.07) is 8.37. The van der Waals surface area contributed by atoms with E-state index < -0.39 is 18.4 Å². The van der Waals surface area contributed by atoms with Gasteiger partial charge in [-0.25, -0.2) is 4.98 Å². The molecule has 0 unspecified atom stereocenters. The van der Waals surface area contributed by atoms with Crippen molar-refractivity contribution in [2.24, 2.45) is 0 Å². The number of carboxylic acids is 1. The number of anilines is 3. The molecule has 7 nitrogen and oxygen atoms in total. The lowest BCUT2D eigenvalue weighted by molar-refractivity contribution is -0.135. The van der Waals surface area contributed by atoms with Crippen LogP contribution in [-0.4, -0.2) is 28.5 Å². The van der Waals surface area contributed by atoms with E-state index in [9.17, 15) is 9.59 Å². The van der Waals surface area contributed by atoms with E-state index in [1.807, 2.05) is 13.0 Å². The standard InChI is InChI=1S/C15H16N4O3/c1-9-6-12(16)14(17-7-9)19-11-4-2-10(3-5-11)15(22)18-8-13(20)21/h2-7H,8,16H2,1H3,(H,17,19)(H,18,22)(H,20,21). The molecule has 5 N–H and O–H groups in total. The van der Waals surface area contributed by atoms with Crippen LogP contribution in [0.5, 0.6) is 0 Å². The van der Waals surface area contributed by atoms with Gasteiger partial charge in [0, 0.05) is 17.4 Å². The highest BCUT2D eigenvalue weighted by atomic mass is 16.4. The molecule has 1 heterocycles. The lowest BCUT2D eigenvalue weighted by atomic mass is 10.2. The fourth-order valence-electron chi connectivity index (χ4n) is 1.80. The van der Waals surface area contributed by atoms with Gasteiger partial charge in [0.1, 0.15) is 6.54 Å². The summed E-state index contributed by atoms with van der Waals surface area (Å²) in [7, 11) is 0. The fraction of sp³-hybridized carbons (Fsp3) is 0.133. The van der Waals surface area contributed by atoms with Gasteiger partial charge < -0.3 is 21.5 Å². The Morgan fingerprint density at radius 2 is 1.95 bits per heavy atom. The van der Waals surface area contributed by atoms with E-state index in [0.29, 0.717) is 17.1 Å². The molecule has 0 spiro atoms. The van der Waals surface area contributed by atoms with Crippen LogP contribution in [0, 0.1) is 6.92 Å². The molecule has 1 aromatic carbocycles. The van der Waals surface area contributed by atoms with Crippen LogP contribution in [0.4, 0.5) is 17.2 Å². The summed E-state index contributed by atoms with van der Waals surface area (Å²) in [5, 5.41) is 13.9. The predicted molar refractivity (Wildman–Crippen MR) is 83.1 cm³/mol. The topological polar surface area (TPSA) is 117 Å². The van der Waals surface area contributed by atoms with Crippen molar-refractivity contribution in [3.05, 3.63) is 47.7 Å². The number of aromatic nitrogens is 1. The van der Waals surface area contributed by atoms with Gasteiger partial charge in [-0.1, -0.05) is 0 Å². The largest absolute Gasteiger partial charge is 0.480 e. The van der Waals surface area contributed by atoms with Crippen LogP contribution in [0.2, 0.25) is 0 Å². The highest BCUT2D eigenvalue weighted by Gasteiger charge is 2.07. The molecule has 0 aliphatic carbocycles. The summed E-state index contributed by atoms with van der Waals surface area (Å²) < 4.78 is 0. The number of amides is 1. The molecule has 1 aromatic heterocycles. The van der Waals surface area contributed by atoms with E-state index >= 15 is 0 Å². The molecule has 2 rings (SSSR count). The molecule has 0 fully saturated rings. The average Bonchev–Trinajstić information content (AvgIpc) is 2.48. The van der Waals surface area contributed by atoms with Gasteiger partial charge >= 0.3 is 5.97 Å². The molecular weight excluding hydrogens is 284 g/mol. The van der Waals surface area contributed by atoms with E-state index in [-0.39, 0.29) is 0 Å². The molecule has 0 aliphatic rings. The van der Waals surface area contributed by atoms with Crippen molar-refractivity contribution in [2.45, 2.75) is 6.92 Å². The van der Waals surface area contributed by atoms with E-state index in [1.165, 1.54) is 0 Å². The Balaban J connectivity index is 2.05. The van der Waals surface area contributed by atoms with Gasteiger partial charge in [-0.3, -0.25) is 9.59 Å². The maximum atomic E-state index is 11.7. The maximum absolute atomic E-state index is 11.7. The summed E-state index contributed by atoms with van der Waals surface area (Å²) in [4.78, 5) is 26.3. The number of rotatable bonds is 5. The normalized spacial score (nSPS) is 10.0. The molecule has 0 saturated carbocycles. The number of aryl methyl sites for hydroxylation is 1. The summed E-state index contributed by atoms with van der Waals surface area (Å²) in [5.74, 6) is -0.997. The van der Waals surface area contributed by atoms with Crippen LogP contribution >= 0.6 is 0 Å². The summed E-state index contributed by atoms with van der Waals surface area (Å²) in [5.41, 5.74) is 8.46. The van der Waals surface area contributed by atoms with Crippen LogP contribution in [-0.2, 0) is 4.79 Å². The van der Waals surface area contributed by atoms with Gasteiger partial charge in [0.2, 0.25) is 0 Å². The Morgan fingerprint density at radius 3 is 2.55 bits per heavy atom. The third-order valence-corrected chi connectivity index (χ3v) is 2.86. The Hall–Kier alpha value is -3.09. The first-order chi connectivity index (χ1) is 10.5. The van der Waals surface area contributed by atoms with Crippen molar-refractivity contribution < 1.29 is 14.7 Å². The zero-order valence-electron chi connectivity index (χ0n) is 12.0. The van der Waals surface area contributed by atoms with Gasteiger partial charge in [-0.2, -0.15) is 0 Å². The predicted octanol–water partition coefficient (Wildman–Crippen LogP) is 1.53. The Kier molecular flexibility index (Phi) is 4.57. The number of carbonyl (C=O) groups is 2. The minimum Gasteiger partial charge on any atom is -0.480 e. The number of nitrogen functional groups attached to an aromatic ring is 1. The van der Waals surface area contributed by atoms with Crippen molar-refractivity contribution in [2.75, 3.05) is 17.6 Å². The summed E-state index contributed by atoms with van der Waals surface area (Å²) in [6.45, 7) is 1.49. The highest BCUT2D eigenvalue weighted by molar-refractivity contribution is 5.96. The third kappa shape index (κ3) is 3.95. The van der Waals surface area contributed by atoms with Gasteiger partial charge in [0.05, 0.1) is 5.69 Å². The van der Waals surface area contributed by atoms with Gasteiger partial charge in [-0.15, -0.1) is 0 Å². The molecule has 0 saturated heterocycles. The molecule has 0 atom stereocenters. The van der Waals surface area contributed by atoms with Crippen LogP contribution in [0.1, 0.15) is 15.9 Å². The lowest BCUT2D eigenvalue weighted by Crippen LogP contribution is -2.29. The number of nitrogens with two attached hydrogens (primary N) is 1. The summed E-state index contributed by atoms with van der Waals surface area (Å²) >= 11 is 0. The monoisotopic (exact) mass is 300 g/mol. The van der Waals surface area contributed by atoms with Gasteiger partial charge in [-0.05, 0) is 42.8 Å². The Labute approximate surface area is 127 Å². The molecule has 0 radical (unpaired) electrons. The number of benzene rings is 1. The number of nitrogens with zero attached hydrogens (tertiary/aromatic N) is 1. The SMILES string of the molecule is Cc1cnc(Nc2ccc(C(=O)NCC(=O)O)cc2)c(N)c1. The number of pyridine rings is 1. The van der Waals surface area contributed by atoms with Crippen molar-refractivity contribution in [1.29, 1.82) is 0 Å². The lowest BCUT2D eigenvalue weighted by Gasteiger charge is -2.09. The van der Waals surface area contributed by atoms with E-state index in [4.69, 9.17) is 10.8 Å². The van der Waals surface area contributed by atoms with E-state index in [0.717, 1.165) is 11.3 Å². The Bertz CT molecular complexity index is 698. The number of hydrogen-bond donors (Lipinski definition) is 4. The first kappa shape index (κ1) is 15.3. The average molecular weight is 300 g/mol. The van der Waals surface area contributed by atoms with E-state index in [1.54, 1.807) is 30.5 Å². The molecular formula is C15H16N4O3. The Morgan fingerprint density at radius 1 is 1.27 bits per heavy atom. The van der Waals surface area contributed by atoms with Gasteiger partial charge in [0.25, 0.3) is 5.91 Å². The number of hydrogen-bond acceptors (Lipinski definition) is 5. The number of nitrogens with one attached hydrogen (secondary N) is 2. The fourth-order valence-corrected chi connectivity index (χ4v) is 1.80. The second-order valence-electron chi connectivity index (χ2n) is 4.73. The molecule has 0 bridgehead atoms. The van der Waals surface area contributed by atoms with Crippen molar-refractivity contribution in [1.82, 2.24) is 10.3 Å². The summed E-state index contributed by atoms with van der Waals surface area (Å²) in [6.07, 6.45) is 1.70. The maximum Gasteiger partial charge on any atom is 0.322 e. The zero-order valence-corrected chi connectivity index (χ0v) is 12.0. The number of aliphatic carboxylic acids is 1. The second-order valence-corrected chi connectivity index (χ2v) is 4.73. The third-order valence-electron chi connectivity index (χ3n) is 2.86. The number of carboxylic acid groups (broad SMARTS) is 1. The minimum absolute atomic E-state index is 0.372. The number of carbonyl (C=O) groups excluding carboxylic acids is 1. The van der Waals surface area contributed by atoms with Crippen LogP contribution in [0.3, 0.4) is 0 Å². The van der Waals surface area contributed by atoms with Crippen LogP contribution in [0.15, 0.2) is 36.5 Å². The quantitative estimate of drug-likeness (QED) is 0.665. The van der Waals surface area contributed by atoms with Crippen molar-refractivity contribution in [3.63, 3.8) is 0 Å². The molecule has 114 valence electrons. The van der Waals surface area contributed by atoms with Crippen LogP contribution in [0.25, 0.3) is 0 Å². The molecule has 0 aliphatic heterocycles. The molecule has 7 heteroatoms. The zero-order chi connectivity index (χ0) is 16.1. The van der Waals surface area contributed by atoms with Crippen molar-refractivity contribution in [3.8, 4) is 0 Å². The minimum atomic E-state index is -1.09. The van der Waals surface area contributed by atoms with Crippen molar-refractivity contribution >= 4 is 29.1 Å². The molecule has 1 amide bonds. The first-order valence-electron chi connectivity index (χ1n) is 6.55. The first-order valence-corrected chi connectivity index (χ1v) is 6.55. The second kappa shape index (κ2) is 6.57. The highest BCUT2D eigenvalue weighted by Crippen LogP contribution is 2.21.